The molecule has 170 valence electrons. The number of unbranched alkanes of at least 4 members (excludes halogenated alkanes) is 2. The van der Waals surface area contributed by atoms with E-state index in [2.05, 4.69) is 10.6 Å². The van der Waals surface area contributed by atoms with Crippen LogP contribution in [-0.4, -0.2) is 24.8 Å². The van der Waals surface area contributed by atoms with Gasteiger partial charge in [0.15, 0.2) is 5.78 Å². The van der Waals surface area contributed by atoms with Crippen LogP contribution in [0, 0.1) is 0 Å². The summed E-state index contributed by atoms with van der Waals surface area (Å²) in [5.74, 6) is -0.191. The average molecular weight is 443 g/mol. The number of hydrogen-bond acceptors (Lipinski definition) is 5. The summed E-state index contributed by atoms with van der Waals surface area (Å²) in [6.07, 6.45) is 4.33. The first kappa shape index (κ1) is 22.6. The van der Waals surface area contributed by atoms with Gasteiger partial charge in [0.05, 0.1) is 11.4 Å². The predicted octanol–water partition coefficient (Wildman–Crippen LogP) is 4.20. The normalized spacial score (nSPS) is 12.5. The second-order valence-corrected chi connectivity index (χ2v) is 8.39. The van der Waals surface area contributed by atoms with E-state index >= 15 is 0 Å². The zero-order chi connectivity index (χ0) is 23.2. The number of nitrogen functional groups attached to an aromatic ring is 1. The molecule has 1 amide bonds. The topological polar surface area (TPSA) is 110 Å². The van der Waals surface area contributed by atoms with Crippen molar-refractivity contribution in [3.05, 3.63) is 88.5 Å². The molecule has 3 aromatic carbocycles. The van der Waals surface area contributed by atoms with E-state index in [9.17, 15) is 9.59 Å². The Morgan fingerprint density at radius 3 is 2.52 bits per heavy atom. The minimum absolute atomic E-state index is 0.0409. The second-order valence-electron chi connectivity index (χ2n) is 8.39. The van der Waals surface area contributed by atoms with Crippen molar-refractivity contribution in [1.82, 2.24) is 5.32 Å². The molecule has 1 aliphatic rings. The fourth-order valence-corrected chi connectivity index (χ4v) is 4.18. The lowest BCUT2D eigenvalue weighted by Gasteiger charge is -2.12. The average Bonchev–Trinajstić information content (AvgIpc) is 2.96. The monoisotopic (exact) mass is 442 g/mol. The maximum Gasteiger partial charge on any atom is 0.251 e. The van der Waals surface area contributed by atoms with Crippen LogP contribution in [0.1, 0.15) is 56.7 Å². The molecule has 0 fully saturated rings. The van der Waals surface area contributed by atoms with Crippen LogP contribution in [-0.2, 0) is 12.8 Å². The number of para-hydroxylation sites is 2. The van der Waals surface area contributed by atoms with E-state index in [1.165, 1.54) is 0 Å². The number of hydrogen-bond donors (Lipinski definition) is 4. The standard InChI is InChI=1S/C27H30N4O2/c28-14-4-1-5-15-30-27(33)20-11-9-18-8-10-19-16-21(31-25-7-3-2-6-24(25)29)12-13-22(19)26(32)23(18)17-20/h2-3,6-7,9,11-13,16-17,31H,1,4-5,8,10,14-15,28-29H2,(H,30,33). The molecule has 1 aliphatic carbocycles. The molecule has 0 saturated carbocycles. The van der Waals surface area contributed by atoms with Crippen molar-refractivity contribution in [3.8, 4) is 0 Å². The van der Waals surface area contributed by atoms with Crippen LogP contribution in [0.4, 0.5) is 17.1 Å². The quantitative estimate of drug-likeness (QED) is 0.309. The molecule has 3 aromatic rings. The number of aryl methyl sites for hydroxylation is 2. The number of carbonyl (C=O) groups excluding carboxylic acids is 2. The first-order valence-corrected chi connectivity index (χ1v) is 11.5. The van der Waals surface area contributed by atoms with Crippen molar-refractivity contribution < 1.29 is 9.59 Å². The summed E-state index contributed by atoms with van der Waals surface area (Å²) in [6, 6.07) is 18.8. The highest BCUT2D eigenvalue weighted by Crippen LogP contribution is 2.29. The van der Waals surface area contributed by atoms with Gasteiger partial charge in [-0.1, -0.05) is 24.6 Å². The second kappa shape index (κ2) is 10.3. The fourth-order valence-electron chi connectivity index (χ4n) is 4.18. The number of benzene rings is 3. The zero-order valence-electron chi connectivity index (χ0n) is 18.7. The number of amides is 1. The van der Waals surface area contributed by atoms with Crippen LogP contribution in [0.5, 0.6) is 0 Å². The van der Waals surface area contributed by atoms with Gasteiger partial charge < -0.3 is 22.1 Å². The van der Waals surface area contributed by atoms with E-state index in [-0.39, 0.29) is 11.7 Å². The molecule has 6 nitrogen and oxygen atoms in total. The third kappa shape index (κ3) is 5.23. The molecule has 0 aliphatic heterocycles. The highest BCUT2D eigenvalue weighted by molar-refractivity contribution is 6.12. The summed E-state index contributed by atoms with van der Waals surface area (Å²) in [5.41, 5.74) is 17.7. The summed E-state index contributed by atoms with van der Waals surface area (Å²) in [4.78, 5) is 26.0. The third-order valence-corrected chi connectivity index (χ3v) is 6.04. The molecule has 0 spiro atoms. The first-order valence-electron chi connectivity index (χ1n) is 11.5. The number of nitrogens with one attached hydrogen (secondary N) is 2. The maximum atomic E-state index is 13.4. The Labute approximate surface area is 194 Å². The van der Waals surface area contributed by atoms with Gasteiger partial charge in [0.25, 0.3) is 5.91 Å². The van der Waals surface area contributed by atoms with Gasteiger partial charge in [-0.15, -0.1) is 0 Å². The summed E-state index contributed by atoms with van der Waals surface area (Å²) >= 11 is 0. The maximum absolute atomic E-state index is 13.4. The van der Waals surface area contributed by atoms with Gasteiger partial charge in [-0.25, -0.2) is 0 Å². The van der Waals surface area contributed by atoms with E-state index in [0.717, 1.165) is 54.6 Å². The van der Waals surface area contributed by atoms with E-state index in [0.29, 0.717) is 35.5 Å². The molecule has 0 heterocycles. The Balaban J connectivity index is 1.52. The van der Waals surface area contributed by atoms with E-state index in [1.54, 1.807) is 6.07 Å². The Morgan fingerprint density at radius 1 is 0.879 bits per heavy atom. The van der Waals surface area contributed by atoms with Gasteiger partial charge >= 0.3 is 0 Å². The molecule has 6 N–H and O–H groups in total. The van der Waals surface area contributed by atoms with Crippen LogP contribution in [0.2, 0.25) is 0 Å². The molecule has 0 aromatic heterocycles. The molecule has 33 heavy (non-hydrogen) atoms. The lowest BCUT2D eigenvalue weighted by molar-refractivity contribution is 0.0953. The van der Waals surface area contributed by atoms with Crippen molar-refractivity contribution in [2.75, 3.05) is 24.1 Å². The summed E-state index contributed by atoms with van der Waals surface area (Å²) in [5, 5.41) is 6.28. The molecule has 0 radical (unpaired) electrons. The minimum atomic E-state index is -0.150. The van der Waals surface area contributed by atoms with Crippen molar-refractivity contribution in [2.45, 2.75) is 32.1 Å². The molecule has 4 rings (SSSR count). The Morgan fingerprint density at radius 2 is 1.70 bits per heavy atom. The van der Waals surface area contributed by atoms with Gasteiger partial charge in [0.1, 0.15) is 0 Å². The molecule has 0 atom stereocenters. The van der Waals surface area contributed by atoms with Crippen molar-refractivity contribution in [3.63, 3.8) is 0 Å². The lowest BCUT2D eigenvalue weighted by Crippen LogP contribution is -2.25. The number of rotatable bonds is 8. The molecule has 0 unspecified atom stereocenters. The highest BCUT2D eigenvalue weighted by atomic mass is 16.1. The van der Waals surface area contributed by atoms with E-state index in [4.69, 9.17) is 11.5 Å². The Hall–Kier alpha value is -3.64. The minimum Gasteiger partial charge on any atom is -0.397 e. The van der Waals surface area contributed by atoms with Crippen LogP contribution < -0.4 is 22.1 Å². The Kier molecular flexibility index (Phi) is 7.05. The summed E-state index contributed by atoms with van der Waals surface area (Å²) < 4.78 is 0. The third-order valence-electron chi connectivity index (χ3n) is 6.04. The number of fused-ring (bicyclic) bond motifs is 2. The number of anilines is 3. The molecular formula is C27H30N4O2. The predicted molar refractivity (Wildman–Crippen MR) is 133 cm³/mol. The van der Waals surface area contributed by atoms with Crippen molar-refractivity contribution >= 4 is 28.8 Å². The molecule has 0 bridgehead atoms. The van der Waals surface area contributed by atoms with Crippen LogP contribution in [0.3, 0.4) is 0 Å². The first-order chi connectivity index (χ1) is 16.1. The van der Waals surface area contributed by atoms with E-state index < -0.39 is 0 Å². The summed E-state index contributed by atoms with van der Waals surface area (Å²) in [6.45, 7) is 1.27. The molecule has 6 heteroatoms. The van der Waals surface area contributed by atoms with Gasteiger partial charge in [0.2, 0.25) is 0 Å². The number of carbonyl (C=O) groups is 2. The van der Waals surface area contributed by atoms with Gasteiger partial charge in [-0.3, -0.25) is 9.59 Å². The highest BCUT2D eigenvalue weighted by Gasteiger charge is 2.23. The van der Waals surface area contributed by atoms with Gasteiger partial charge in [-0.2, -0.15) is 0 Å². The zero-order valence-corrected chi connectivity index (χ0v) is 18.7. The van der Waals surface area contributed by atoms with Gasteiger partial charge in [0, 0.05) is 28.9 Å². The molecule has 0 saturated heterocycles. The van der Waals surface area contributed by atoms with Crippen LogP contribution in [0.15, 0.2) is 60.7 Å². The van der Waals surface area contributed by atoms with E-state index in [1.807, 2.05) is 54.6 Å². The number of nitrogens with two attached hydrogens (primary N) is 2. The number of ketones is 1. The molecular weight excluding hydrogens is 412 g/mol. The van der Waals surface area contributed by atoms with Crippen LogP contribution >= 0.6 is 0 Å². The SMILES string of the molecule is NCCCCCNC(=O)c1ccc2c(c1)C(=O)c1ccc(Nc3ccccc3N)cc1CC2. The van der Waals surface area contributed by atoms with Crippen molar-refractivity contribution in [2.24, 2.45) is 5.73 Å². The fraction of sp³-hybridized carbons (Fsp3) is 0.259. The summed E-state index contributed by atoms with van der Waals surface area (Å²) in [7, 11) is 0. The van der Waals surface area contributed by atoms with Crippen LogP contribution in [0.25, 0.3) is 0 Å². The van der Waals surface area contributed by atoms with Crippen molar-refractivity contribution in [1.29, 1.82) is 0 Å². The Bertz CT molecular complexity index is 1170. The largest absolute Gasteiger partial charge is 0.397 e. The van der Waals surface area contributed by atoms with Gasteiger partial charge in [-0.05, 0) is 85.8 Å². The smallest absolute Gasteiger partial charge is 0.251 e. The lowest BCUT2D eigenvalue weighted by atomic mass is 9.96.